The molecule has 0 aromatic heterocycles. The number of benzene rings is 2. The largest absolute Gasteiger partial charge is 0.379 e. The van der Waals surface area contributed by atoms with Crippen molar-refractivity contribution in [1.29, 1.82) is 0 Å². The second kappa shape index (κ2) is 11.1. The maximum atomic E-state index is 14.0. The minimum Gasteiger partial charge on any atom is -0.379 e. The van der Waals surface area contributed by atoms with Crippen molar-refractivity contribution in [3.05, 3.63) is 64.0 Å². The number of ether oxygens (including phenoxy) is 1. The lowest BCUT2D eigenvalue weighted by atomic mass is 10.2. The van der Waals surface area contributed by atoms with Crippen LogP contribution in [0.4, 0.5) is 10.1 Å². The number of amides is 1. The molecule has 1 N–H and O–H groups in total. The van der Waals surface area contributed by atoms with Gasteiger partial charge in [-0.15, -0.1) is 0 Å². The summed E-state index contributed by atoms with van der Waals surface area (Å²) in [5, 5.41) is 14.0. The van der Waals surface area contributed by atoms with E-state index in [0.29, 0.717) is 16.3 Å². The summed E-state index contributed by atoms with van der Waals surface area (Å²) in [5.41, 5.74) is -0.00372. The van der Waals surface area contributed by atoms with Gasteiger partial charge >= 0.3 is 0 Å². The van der Waals surface area contributed by atoms with Gasteiger partial charge in [0.25, 0.3) is 11.6 Å². The lowest BCUT2D eigenvalue weighted by molar-refractivity contribution is -0.384. The van der Waals surface area contributed by atoms with Crippen molar-refractivity contribution in [1.82, 2.24) is 10.2 Å². The van der Waals surface area contributed by atoms with Crippen LogP contribution in [0.3, 0.4) is 0 Å². The molecule has 1 saturated heterocycles. The molecule has 0 spiro atoms. The van der Waals surface area contributed by atoms with Crippen LogP contribution in [0, 0.1) is 15.9 Å². The van der Waals surface area contributed by atoms with Crippen LogP contribution in [-0.4, -0.2) is 55.1 Å². The number of nitrogens with one attached hydrogen (secondary N) is 1. The number of morpholine rings is 1. The maximum absolute atomic E-state index is 14.0. The average molecular weight is 434 g/mol. The fourth-order valence-electron chi connectivity index (χ4n) is 3.13. The Morgan fingerprint density at radius 1 is 1.17 bits per heavy atom. The second-order valence-electron chi connectivity index (χ2n) is 6.89. The summed E-state index contributed by atoms with van der Waals surface area (Å²) in [7, 11) is 0. The van der Waals surface area contributed by atoms with E-state index < -0.39 is 16.6 Å². The predicted molar refractivity (Wildman–Crippen MR) is 112 cm³/mol. The SMILES string of the molecule is O=C(NCCCCN1CCOCC1)c1cc([N+](=O)[O-])ccc1Sc1ccccc1F. The molecule has 0 unspecified atom stereocenters. The summed E-state index contributed by atoms with van der Waals surface area (Å²) in [6.45, 7) is 4.78. The summed E-state index contributed by atoms with van der Waals surface area (Å²) in [5.74, 6) is -0.806. The molecule has 0 atom stereocenters. The van der Waals surface area contributed by atoms with Crippen LogP contribution in [0.1, 0.15) is 23.2 Å². The van der Waals surface area contributed by atoms with Gasteiger partial charge in [0.1, 0.15) is 5.82 Å². The van der Waals surface area contributed by atoms with Gasteiger partial charge in [0.05, 0.1) is 23.7 Å². The van der Waals surface area contributed by atoms with Crippen LogP contribution in [0.2, 0.25) is 0 Å². The van der Waals surface area contributed by atoms with E-state index in [-0.39, 0.29) is 11.3 Å². The number of nitro groups is 1. The minimum absolute atomic E-state index is 0.172. The van der Waals surface area contributed by atoms with Gasteiger partial charge in [0.15, 0.2) is 0 Å². The molecule has 3 rings (SSSR count). The highest BCUT2D eigenvalue weighted by Gasteiger charge is 2.18. The smallest absolute Gasteiger partial charge is 0.270 e. The van der Waals surface area contributed by atoms with Crippen molar-refractivity contribution in [3.8, 4) is 0 Å². The molecule has 1 aliphatic rings. The van der Waals surface area contributed by atoms with Crippen molar-refractivity contribution < 1.29 is 18.8 Å². The fourth-order valence-corrected chi connectivity index (χ4v) is 4.07. The lowest BCUT2D eigenvalue weighted by Crippen LogP contribution is -2.37. The second-order valence-corrected chi connectivity index (χ2v) is 7.97. The molecule has 0 aliphatic carbocycles. The number of hydrogen-bond acceptors (Lipinski definition) is 6. The number of carbonyl (C=O) groups is 1. The fraction of sp³-hybridized carbons (Fsp3) is 0.381. The van der Waals surface area contributed by atoms with E-state index >= 15 is 0 Å². The molecule has 0 saturated carbocycles. The molecule has 1 aliphatic heterocycles. The van der Waals surface area contributed by atoms with Crippen molar-refractivity contribution in [2.24, 2.45) is 0 Å². The summed E-state index contributed by atoms with van der Waals surface area (Å²) in [4.78, 5) is 26.5. The van der Waals surface area contributed by atoms with Crippen LogP contribution < -0.4 is 5.32 Å². The average Bonchev–Trinajstić information content (AvgIpc) is 2.76. The Morgan fingerprint density at radius 3 is 2.67 bits per heavy atom. The van der Waals surface area contributed by atoms with E-state index in [0.717, 1.165) is 57.5 Å². The van der Waals surface area contributed by atoms with E-state index in [1.807, 2.05) is 0 Å². The normalized spacial score (nSPS) is 14.4. The number of non-ortho nitro benzene ring substituents is 1. The zero-order valence-corrected chi connectivity index (χ0v) is 17.3. The summed E-state index contributed by atoms with van der Waals surface area (Å²) < 4.78 is 19.3. The predicted octanol–water partition coefficient (Wildman–Crippen LogP) is 3.73. The topological polar surface area (TPSA) is 84.7 Å². The minimum atomic E-state index is -0.545. The third-order valence-corrected chi connectivity index (χ3v) is 5.89. The Morgan fingerprint density at radius 2 is 1.93 bits per heavy atom. The van der Waals surface area contributed by atoms with Gasteiger partial charge in [0, 0.05) is 41.6 Å². The number of nitrogens with zero attached hydrogens (tertiary/aromatic N) is 2. The van der Waals surface area contributed by atoms with Crippen LogP contribution in [0.5, 0.6) is 0 Å². The highest BCUT2D eigenvalue weighted by Crippen LogP contribution is 2.34. The molecule has 2 aromatic rings. The van der Waals surface area contributed by atoms with Gasteiger partial charge in [-0.3, -0.25) is 19.8 Å². The molecular formula is C21H24FN3O4S. The van der Waals surface area contributed by atoms with Crippen LogP contribution in [-0.2, 0) is 4.74 Å². The Kier molecular flexibility index (Phi) is 8.18. The van der Waals surface area contributed by atoms with E-state index in [2.05, 4.69) is 10.2 Å². The summed E-state index contributed by atoms with van der Waals surface area (Å²) in [6, 6.07) is 10.3. The van der Waals surface area contributed by atoms with Crippen LogP contribution in [0.25, 0.3) is 0 Å². The van der Waals surface area contributed by atoms with Crippen LogP contribution >= 0.6 is 11.8 Å². The molecule has 30 heavy (non-hydrogen) atoms. The highest BCUT2D eigenvalue weighted by atomic mass is 32.2. The summed E-state index contributed by atoms with van der Waals surface area (Å²) in [6.07, 6.45) is 1.74. The zero-order valence-electron chi connectivity index (χ0n) is 16.5. The number of rotatable bonds is 9. The molecule has 1 fully saturated rings. The number of unbranched alkanes of at least 4 members (excludes halogenated alkanes) is 1. The first-order valence-electron chi connectivity index (χ1n) is 9.84. The monoisotopic (exact) mass is 433 g/mol. The van der Waals surface area contributed by atoms with Gasteiger partial charge in [-0.25, -0.2) is 4.39 Å². The number of carbonyl (C=O) groups excluding carboxylic acids is 1. The number of hydrogen-bond donors (Lipinski definition) is 1. The Bertz CT molecular complexity index is 890. The Labute approximate surface area is 178 Å². The van der Waals surface area contributed by atoms with Gasteiger partial charge in [-0.1, -0.05) is 23.9 Å². The standard InChI is InChI=1S/C21H24FN3O4S/c22-18-5-1-2-6-20(18)30-19-8-7-16(25(27)28)15-17(19)21(26)23-9-3-4-10-24-11-13-29-14-12-24/h1-2,5-8,15H,3-4,9-14H2,(H,23,26). The van der Waals surface area contributed by atoms with Crippen molar-refractivity contribution in [2.45, 2.75) is 22.6 Å². The number of halogens is 1. The molecule has 0 radical (unpaired) electrons. The third-order valence-electron chi connectivity index (χ3n) is 4.77. The highest BCUT2D eigenvalue weighted by molar-refractivity contribution is 7.99. The van der Waals surface area contributed by atoms with Crippen LogP contribution in [0.15, 0.2) is 52.3 Å². The first-order valence-corrected chi connectivity index (χ1v) is 10.7. The third kappa shape index (κ3) is 6.25. The van der Waals surface area contributed by atoms with Crippen molar-refractivity contribution >= 4 is 23.4 Å². The van der Waals surface area contributed by atoms with E-state index in [4.69, 9.17) is 4.74 Å². The Hall–Kier alpha value is -2.49. The molecular weight excluding hydrogens is 409 g/mol. The van der Waals surface area contributed by atoms with E-state index in [1.165, 1.54) is 24.3 Å². The van der Waals surface area contributed by atoms with E-state index in [9.17, 15) is 19.3 Å². The number of nitro benzene ring substituents is 1. The molecule has 160 valence electrons. The van der Waals surface area contributed by atoms with Gasteiger partial charge in [-0.05, 0) is 37.6 Å². The van der Waals surface area contributed by atoms with Crippen molar-refractivity contribution in [2.75, 3.05) is 39.4 Å². The van der Waals surface area contributed by atoms with Gasteiger partial charge in [-0.2, -0.15) is 0 Å². The molecule has 1 heterocycles. The molecule has 1 amide bonds. The molecule has 9 heteroatoms. The quantitative estimate of drug-likeness (QED) is 0.369. The van der Waals surface area contributed by atoms with E-state index in [1.54, 1.807) is 18.2 Å². The Balaban J connectivity index is 1.61. The molecule has 0 bridgehead atoms. The summed E-state index contributed by atoms with van der Waals surface area (Å²) >= 11 is 1.08. The first kappa shape index (κ1) is 22.2. The lowest BCUT2D eigenvalue weighted by Gasteiger charge is -2.26. The molecule has 7 nitrogen and oxygen atoms in total. The van der Waals surface area contributed by atoms with Gasteiger partial charge in [0.2, 0.25) is 0 Å². The zero-order chi connectivity index (χ0) is 21.3. The maximum Gasteiger partial charge on any atom is 0.270 e. The van der Waals surface area contributed by atoms with Crippen molar-refractivity contribution in [3.63, 3.8) is 0 Å². The first-order chi connectivity index (χ1) is 14.5. The molecule has 2 aromatic carbocycles. The van der Waals surface area contributed by atoms with Gasteiger partial charge < -0.3 is 10.1 Å².